The summed E-state index contributed by atoms with van der Waals surface area (Å²) in [6.07, 6.45) is 16.2. The maximum Gasteiger partial charge on any atom is 0.0462 e. The van der Waals surface area contributed by atoms with Crippen molar-refractivity contribution < 1.29 is 0 Å². The van der Waals surface area contributed by atoms with Crippen LogP contribution in [0.15, 0.2) is 266 Å². The third-order valence-corrected chi connectivity index (χ3v) is 9.99. The van der Waals surface area contributed by atoms with Crippen molar-refractivity contribution in [1.29, 1.82) is 0 Å². The minimum Gasteiger partial charge on any atom is -0.311 e. The van der Waals surface area contributed by atoms with E-state index < -0.39 is 0 Å². The fourth-order valence-electron chi connectivity index (χ4n) is 6.62. The van der Waals surface area contributed by atoms with Crippen LogP contribution in [0.2, 0.25) is 0 Å². The van der Waals surface area contributed by atoms with Crippen LogP contribution in [0.25, 0.3) is 29.4 Å². The van der Waals surface area contributed by atoms with E-state index in [0.29, 0.717) is 0 Å². The zero-order valence-electron chi connectivity index (χ0n) is 41.2. The van der Waals surface area contributed by atoms with Gasteiger partial charge in [0.25, 0.3) is 0 Å². The summed E-state index contributed by atoms with van der Waals surface area (Å²) >= 11 is 0. The molecule has 68 heavy (non-hydrogen) atoms. The van der Waals surface area contributed by atoms with Crippen LogP contribution in [-0.2, 0) is 12.8 Å². The minimum atomic E-state index is 0.850. The molecule has 0 amide bonds. The molecule has 346 valence electrons. The predicted octanol–water partition coefficient (Wildman–Crippen LogP) is 20.1. The van der Waals surface area contributed by atoms with E-state index in [1.165, 1.54) is 22.3 Å². The Balaban J connectivity index is 0.000000669. The zero-order valence-corrected chi connectivity index (χ0v) is 41.2. The number of nitrogens with zero attached hydrogens (tertiary/aromatic N) is 2. The van der Waals surface area contributed by atoms with Crippen molar-refractivity contribution >= 4 is 52.4 Å². The van der Waals surface area contributed by atoms with Crippen molar-refractivity contribution in [2.45, 2.75) is 40.5 Å². The third kappa shape index (κ3) is 17.6. The van der Waals surface area contributed by atoms with Crippen molar-refractivity contribution in [3.05, 3.63) is 299 Å². The smallest absolute Gasteiger partial charge is 0.0462 e. The van der Waals surface area contributed by atoms with Crippen LogP contribution in [0.3, 0.4) is 0 Å². The second-order valence-electron chi connectivity index (χ2n) is 14.7. The lowest BCUT2D eigenvalue weighted by Gasteiger charge is -2.26. The molecule has 0 radical (unpaired) electrons. The monoisotopic (exact) mass is 893 g/mol. The van der Waals surface area contributed by atoms with E-state index in [0.717, 1.165) is 69.2 Å². The van der Waals surface area contributed by atoms with Gasteiger partial charge in [0, 0.05) is 34.1 Å². The SMILES string of the molecule is C=C.C=CC.C=CC=C.C=CCc1ccc(N(c2ccc(C=C)cc2)c2ccc(-c3ccc(N(c4ccc(C=C)cc4)c4ccc(CC=C)cc4)cc3)cc2)cc1.C=Cc1ccc(C)cc1.CC. The van der Waals surface area contributed by atoms with Crippen LogP contribution >= 0.6 is 0 Å². The highest BCUT2D eigenvalue weighted by atomic mass is 15.1. The number of benzene rings is 7. The normalized spacial score (nSPS) is 9.29. The third-order valence-electron chi connectivity index (χ3n) is 9.99. The first-order chi connectivity index (χ1) is 33.2. The van der Waals surface area contributed by atoms with Crippen LogP contribution in [0.5, 0.6) is 0 Å². The van der Waals surface area contributed by atoms with Crippen LogP contribution in [0.1, 0.15) is 54.2 Å². The van der Waals surface area contributed by atoms with Gasteiger partial charge >= 0.3 is 0 Å². The molecule has 0 heterocycles. The summed E-state index contributed by atoms with van der Waals surface area (Å²) in [5, 5.41) is 0. The van der Waals surface area contributed by atoms with Gasteiger partial charge in [0.05, 0.1) is 0 Å². The number of rotatable bonds is 15. The molecule has 0 aliphatic rings. The summed E-state index contributed by atoms with van der Waals surface area (Å²) in [5.74, 6) is 0. The van der Waals surface area contributed by atoms with Gasteiger partial charge in [-0.15, -0.1) is 32.9 Å². The number of hydrogen-bond donors (Lipinski definition) is 0. The van der Waals surface area contributed by atoms with Gasteiger partial charge in [-0.3, -0.25) is 0 Å². The largest absolute Gasteiger partial charge is 0.311 e. The first-order valence-corrected chi connectivity index (χ1v) is 22.9. The Kier molecular flexibility index (Phi) is 26.7. The predicted molar refractivity (Wildman–Crippen MR) is 309 cm³/mol. The van der Waals surface area contributed by atoms with E-state index in [1.807, 2.05) is 51.2 Å². The molecular formula is C66H72N2. The average Bonchev–Trinajstić information content (AvgIpc) is 3.40. The Labute approximate surface area is 411 Å². The lowest BCUT2D eigenvalue weighted by molar-refractivity contribution is 1.24. The summed E-state index contributed by atoms with van der Waals surface area (Å²) in [4.78, 5) is 4.57. The fraction of sp³-hybridized carbons (Fsp3) is 0.0909. The highest BCUT2D eigenvalue weighted by Crippen LogP contribution is 2.38. The van der Waals surface area contributed by atoms with Crippen LogP contribution in [0.4, 0.5) is 34.1 Å². The molecule has 0 N–H and O–H groups in total. The molecule has 7 aromatic carbocycles. The van der Waals surface area contributed by atoms with Gasteiger partial charge in [0.2, 0.25) is 0 Å². The zero-order chi connectivity index (χ0) is 50.1. The van der Waals surface area contributed by atoms with Gasteiger partial charge in [0.15, 0.2) is 0 Å². The van der Waals surface area contributed by atoms with E-state index in [1.54, 1.807) is 18.2 Å². The molecule has 2 nitrogen and oxygen atoms in total. The Bertz CT molecular complexity index is 2400. The molecule has 0 saturated heterocycles. The van der Waals surface area contributed by atoms with Crippen molar-refractivity contribution in [1.82, 2.24) is 0 Å². The Morgan fingerprint density at radius 2 is 0.574 bits per heavy atom. The lowest BCUT2D eigenvalue weighted by atomic mass is 10.0. The quantitative estimate of drug-likeness (QED) is 0.0747. The molecule has 0 bridgehead atoms. The molecule has 0 atom stereocenters. The Hall–Kier alpha value is -8.20. The molecular weight excluding hydrogens is 821 g/mol. The standard InChI is InChI=1S/C46H40N2.C9H10.C4H6.C3H6.C2H6.C2H4/c1-5-9-37-15-27-43(28-16-37)47(41-23-11-35(7-3)12-24-41)45-31-19-39(20-32-45)40-21-33-46(34-22-40)48(42-25-13-36(8-4)14-26-42)44-29-17-38(10-6-2)18-30-44;1-3-9-6-4-8(2)5-7-9;1-3-4-2;1-3-2;2*1-2/h5-8,11-34H,1-4,9-10H2;3-7H,1H2,2H3;3-4H,1-2H2;3H,1H2,2H3;1-2H3;1-2H2. The molecule has 0 aliphatic heterocycles. The van der Waals surface area contributed by atoms with Gasteiger partial charge < -0.3 is 9.80 Å². The van der Waals surface area contributed by atoms with Crippen LogP contribution in [-0.4, -0.2) is 0 Å². The van der Waals surface area contributed by atoms with Gasteiger partial charge in [-0.05, 0) is 138 Å². The van der Waals surface area contributed by atoms with E-state index in [2.05, 4.69) is 252 Å². The summed E-state index contributed by atoms with van der Waals surface area (Å²) < 4.78 is 0. The molecule has 7 aromatic rings. The molecule has 7 rings (SSSR count). The number of anilines is 6. The van der Waals surface area contributed by atoms with Gasteiger partial charge in [0.1, 0.15) is 0 Å². The molecule has 0 aromatic heterocycles. The second kappa shape index (κ2) is 32.5. The fourth-order valence-corrected chi connectivity index (χ4v) is 6.62. The van der Waals surface area contributed by atoms with E-state index in [9.17, 15) is 0 Å². The molecule has 0 aliphatic carbocycles. The maximum atomic E-state index is 3.92. The molecule has 0 fully saturated rings. The Morgan fingerprint density at radius 1 is 0.353 bits per heavy atom. The van der Waals surface area contributed by atoms with Crippen LogP contribution < -0.4 is 9.80 Å². The highest BCUT2D eigenvalue weighted by Gasteiger charge is 2.15. The van der Waals surface area contributed by atoms with E-state index in [4.69, 9.17) is 0 Å². The summed E-state index contributed by atoms with van der Waals surface area (Å²) in [6.45, 7) is 43.3. The summed E-state index contributed by atoms with van der Waals surface area (Å²) in [6, 6.07) is 60.2. The van der Waals surface area contributed by atoms with Crippen molar-refractivity contribution in [2.75, 3.05) is 9.80 Å². The molecule has 0 unspecified atom stereocenters. The Morgan fingerprint density at radius 3 is 0.794 bits per heavy atom. The highest BCUT2D eigenvalue weighted by molar-refractivity contribution is 5.81. The van der Waals surface area contributed by atoms with Crippen molar-refractivity contribution in [3.63, 3.8) is 0 Å². The first kappa shape index (κ1) is 55.9. The topological polar surface area (TPSA) is 6.48 Å². The molecule has 0 saturated carbocycles. The first-order valence-electron chi connectivity index (χ1n) is 22.9. The second-order valence-corrected chi connectivity index (χ2v) is 14.7. The summed E-state index contributed by atoms with van der Waals surface area (Å²) in [5.41, 5.74) is 16.0. The lowest BCUT2D eigenvalue weighted by Crippen LogP contribution is -2.10. The number of allylic oxidation sites excluding steroid dienone is 5. The maximum absolute atomic E-state index is 3.92. The summed E-state index contributed by atoms with van der Waals surface area (Å²) in [7, 11) is 0. The van der Waals surface area contributed by atoms with E-state index in [-0.39, 0.29) is 0 Å². The average molecular weight is 893 g/mol. The van der Waals surface area contributed by atoms with E-state index >= 15 is 0 Å². The van der Waals surface area contributed by atoms with Gasteiger partial charge in [-0.25, -0.2) is 0 Å². The van der Waals surface area contributed by atoms with Crippen LogP contribution in [0, 0.1) is 6.92 Å². The van der Waals surface area contributed by atoms with Crippen molar-refractivity contribution in [2.24, 2.45) is 0 Å². The van der Waals surface area contributed by atoms with Gasteiger partial charge in [-0.2, -0.15) is 0 Å². The molecule has 2 heteroatoms. The number of hydrogen-bond acceptors (Lipinski definition) is 2. The minimum absolute atomic E-state index is 0.850. The van der Waals surface area contributed by atoms with Crippen molar-refractivity contribution in [3.8, 4) is 11.1 Å². The molecule has 0 spiro atoms. The number of aryl methyl sites for hydroxylation is 1. The van der Waals surface area contributed by atoms with Gasteiger partial charge in [-0.1, -0.05) is 198 Å².